The molecule has 234 valence electrons. The number of rotatable bonds is 3. The van der Waals surface area contributed by atoms with Crippen LogP contribution in [0.3, 0.4) is 0 Å². The minimum absolute atomic E-state index is 0.0223. The Morgan fingerprint density at radius 1 is 0.444 bits per heavy atom. The van der Waals surface area contributed by atoms with Crippen molar-refractivity contribution in [3.8, 4) is 0 Å². The lowest BCUT2D eigenvalue weighted by Crippen LogP contribution is -2.47. The van der Waals surface area contributed by atoms with Gasteiger partial charge in [0.2, 0.25) is 17.7 Å². The third-order valence-electron chi connectivity index (χ3n) is 6.59. The average Bonchev–Trinajstić information content (AvgIpc) is 3.04. The molecule has 0 fully saturated rings. The molecule has 3 aromatic carbocycles. The molecule has 1 aliphatic rings. The van der Waals surface area contributed by atoms with Crippen LogP contribution in [0.15, 0.2) is 72.8 Å². The molecule has 0 spiro atoms. The van der Waals surface area contributed by atoms with E-state index in [9.17, 15) is 44.1 Å². The Kier molecular flexibility index (Phi) is 10.5. The van der Waals surface area contributed by atoms with Crippen LogP contribution in [0, 0.1) is 0 Å². The summed E-state index contributed by atoms with van der Waals surface area (Å²) in [5.41, 5.74) is 0.478. The van der Waals surface area contributed by atoms with Crippen LogP contribution in [0.1, 0.15) is 31.1 Å². The standard InChI is InChI=1S/C30H30N6O9/c37-13-22-28(43)31-19-7-1-4-16(10-19)25(40)34-23(14-38)29(44)32-20-8-3-6-18(12-20)27(42)36-24(15-39)30(45)33-21-9-2-5-17(11-21)26(41)35-22/h1-12,22-24,37-39H,13-15H2,(H,31,43)(H,32,44)(H,33,45)(H,34,40)(H,35,41)(H,36,42)/t22-,23-,24+/m0/s1. The first-order valence-electron chi connectivity index (χ1n) is 13.6. The third kappa shape index (κ3) is 8.26. The molecule has 15 nitrogen and oxygen atoms in total. The minimum atomic E-state index is -1.41. The summed E-state index contributed by atoms with van der Waals surface area (Å²) in [5.74, 6) is -4.70. The maximum atomic E-state index is 12.9. The van der Waals surface area contributed by atoms with Crippen LogP contribution in [-0.2, 0) is 14.4 Å². The van der Waals surface area contributed by atoms with Crippen LogP contribution in [0.25, 0.3) is 0 Å². The topological polar surface area (TPSA) is 235 Å². The van der Waals surface area contributed by atoms with Crippen molar-refractivity contribution in [2.24, 2.45) is 0 Å². The minimum Gasteiger partial charge on any atom is -0.394 e. The molecule has 4 rings (SSSR count). The quantitative estimate of drug-likeness (QED) is 0.178. The normalized spacial score (nSPS) is 19.9. The molecule has 3 atom stereocenters. The van der Waals surface area contributed by atoms with Gasteiger partial charge >= 0.3 is 0 Å². The molecule has 9 N–H and O–H groups in total. The molecule has 0 unspecified atom stereocenters. The number of amides is 6. The number of carbonyl (C=O) groups excluding carboxylic acids is 6. The van der Waals surface area contributed by atoms with E-state index in [0.29, 0.717) is 0 Å². The summed E-state index contributed by atoms with van der Waals surface area (Å²) >= 11 is 0. The van der Waals surface area contributed by atoms with Crippen molar-refractivity contribution in [1.82, 2.24) is 16.0 Å². The van der Waals surface area contributed by atoms with Gasteiger partial charge in [-0.3, -0.25) is 28.8 Å². The van der Waals surface area contributed by atoms with Crippen LogP contribution in [-0.4, -0.2) is 88.7 Å². The zero-order valence-corrected chi connectivity index (χ0v) is 23.6. The lowest BCUT2D eigenvalue weighted by Gasteiger charge is -2.19. The number of fused-ring (bicyclic) bond motifs is 6. The van der Waals surface area contributed by atoms with E-state index in [0.717, 1.165) is 0 Å². The first-order chi connectivity index (χ1) is 21.6. The molecule has 3 aromatic rings. The zero-order valence-electron chi connectivity index (χ0n) is 23.6. The second kappa shape index (κ2) is 14.7. The highest BCUT2D eigenvalue weighted by molar-refractivity contribution is 6.06. The molecule has 45 heavy (non-hydrogen) atoms. The van der Waals surface area contributed by atoms with Gasteiger partial charge < -0.3 is 47.2 Å². The summed E-state index contributed by atoms with van der Waals surface area (Å²) < 4.78 is 0. The predicted molar refractivity (Wildman–Crippen MR) is 160 cm³/mol. The summed E-state index contributed by atoms with van der Waals surface area (Å²) in [6, 6.07) is 12.6. The Morgan fingerprint density at radius 3 is 0.956 bits per heavy atom. The number of benzene rings is 3. The highest BCUT2D eigenvalue weighted by atomic mass is 16.3. The van der Waals surface area contributed by atoms with Crippen molar-refractivity contribution in [3.63, 3.8) is 0 Å². The van der Waals surface area contributed by atoms with E-state index < -0.39 is 73.4 Å². The molecule has 0 radical (unpaired) electrons. The molecule has 6 amide bonds. The van der Waals surface area contributed by atoms with Crippen LogP contribution < -0.4 is 31.9 Å². The Morgan fingerprint density at radius 2 is 0.711 bits per heavy atom. The highest BCUT2D eigenvalue weighted by Gasteiger charge is 2.25. The number of nitrogens with one attached hydrogen (secondary N) is 6. The van der Waals surface area contributed by atoms with Crippen LogP contribution >= 0.6 is 0 Å². The highest BCUT2D eigenvalue weighted by Crippen LogP contribution is 2.15. The largest absolute Gasteiger partial charge is 0.394 e. The molecule has 0 saturated heterocycles. The smallest absolute Gasteiger partial charge is 0.252 e. The molecular weight excluding hydrogens is 588 g/mol. The number of aliphatic hydroxyl groups is 3. The Balaban J connectivity index is 1.67. The van der Waals surface area contributed by atoms with Gasteiger partial charge in [0, 0.05) is 33.8 Å². The van der Waals surface area contributed by atoms with Gasteiger partial charge in [-0.25, -0.2) is 0 Å². The molecule has 0 aromatic heterocycles. The summed E-state index contributed by atoms with van der Waals surface area (Å²) in [6.07, 6.45) is 0. The molecule has 0 aliphatic carbocycles. The van der Waals surface area contributed by atoms with Crippen molar-refractivity contribution in [3.05, 3.63) is 89.5 Å². The van der Waals surface area contributed by atoms with Crippen molar-refractivity contribution >= 4 is 52.5 Å². The van der Waals surface area contributed by atoms with Crippen LogP contribution in [0.5, 0.6) is 0 Å². The van der Waals surface area contributed by atoms with Crippen molar-refractivity contribution in [2.75, 3.05) is 35.8 Å². The summed E-state index contributed by atoms with van der Waals surface area (Å²) in [6.45, 7) is -2.33. The number of hydrogen-bond acceptors (Lipinski definition) is 9. The maximum Gasteiger partial charge on any atom is 0.252 e. The second-order valence-corrected chi connectivity index (χ2v) is 9.84. The van der Waals surface area contributed by atoms with E-state index in [-0.39, 0.29) is 33.8 Å². The number of anilines is 3. The fourth-order valence-corrected chi connectivity index (χ4v) is 4.21. The second-order valence-electron chi connectivity index (χ2n) is 9.84. The lowest BCUT2D eigenvalue weighted by molar-refractivity contribution is -0.119. The van der Waals surface area contributed by atoms with Crippen LogP contribution in [0.2, 0.25) is 0 Å². The Hall–Kier alpha value is -5.64. The fourth-order valence-electron chi connectivity index (χ4n) is 4.21. The van der Waals surface area contributed by atoms with E-state index in [1.54, 1.807) is 0 Å². The van der Waals surface area contributed by atoms with E-state index in [2.05, 4.69) is 31.9 Å². The SMILES string of the molecule is O=C1N[C@@H](CO)C(=O)Nc2cccc(c2)C(=O)N[C@H](CO)C(=O)Nc2cccc(c2)C(=O)N[C@@H](CO)C(=O)Nc2cccc1c2. The molecule has 15 heteroatoms. The van der Waals surface area contributed by atoms with Gasteiger partial charge in [-0.1, -0.05) is 18.2 Å². The Bertz CT molecular complexity index is 1440. The van der Waals surface area contributed by atoms with E-state index in [1.807, 2.05) is 0 Å². The van der Waals surface area contributed by atoms with Crippen molar-refractivity contribution < 1.29 is 44.1 Å². The van der Waals surface area contributed by atoms with Gasteiger partial charge in [0.1, 0.15) is 18.1 Å². The molecule has 6 bridgehead atoms. The first-order valence-corrected chi connectivity index (χ1v) is 13.6. The number of hydrogen-bond donors (Lipinski definition) is 9. The molecule has 0 saturated carbocycles. The Labute approximate surface area is 256 Å². The average molecular weight is 619 g/mol. The van der Waals surface area contributed by atoms with Crippen LogP contribution in [0.4, 0.5) is 17.1 Å². The predicted octanol–water partition coefficient (Wildman–Crippen LogP) is -0.812. The fraction of sp³-hybridized carbons (Fsp3) is 0.200. The monoisotopic (exact) mass is 618 g/mol. The van der Waals surface area contributed by atoms with E-state index >= 15 is 0 Å². The van der Waals surface area contributed by atoms with Gasteiger partial charge in [-0.15, -0.1) is 0 Å². The lowest BCUT2D eigenvalue weighted by atomic mass is 10.1. The van der Waals surface area contributed by atoms with Gasteiger partial charge in [0.25, 0.3) is 17.7 Å². The summed E-state index contributed by atoms with van der Waals surface area (Å²) in [5, 5.41) is 44.1. The maximum absolute atomic E-state index is 12.9. The number of carbonyl (C=O) groups is 6. The third-order valence-corrected chi connectivity index (χ3v) is 6.59. The van der Waals surface area contributed by atoms with Crippen molar-refractivity contribution in [1.29, 1.82) is 0 Å². The van der Waals surface area contributed by atoms with Gasteiger partial charge in [-0.2, -0.15) is 0 Å². The summed E-state index contributed by atoms with van der Waals surface area (Å²) in [4.78, 5) is 77.4. The van der Waals surface area contributed by atoms with E-state index in [4.69, 9.17) is 0 Å². The van der Waals surface area contributed by atoms with Crippen molar-refractivity contribution in [2.45, 2.75) is 18.1 Å². The van der Waals surface area contributed by atoms with Gasteiger partial charge in [0.15, 0.2) is 0 Å². The van der Waals surface area contributed by atoms with Gasteiger partial charge in [0.05, 0.1) is 19.8 Å². The summed E-state index contributed by atoms with van der Waals surface area (Å²) in [7, 11) is 0. The number of aliphatic hydroxyl groups excluding tert-OH is 3. The van der Waals surface area contributed by atoms with E-state index in [1.165, 1.54) is 72.8 Å². The van der Waals surface area contributed by atoms with Gasteiger partial charge in [-0.05, 0) is 54.6 Å². The molecular formula is C30H30N6O9. The first kappa shape index (κ1) is 32.3. The molecule has 1 aliphatic heterocycles. The zero-order chi connectivity index (χ0) is 32.5. The molecule has 1 heterocycles.